The Morgan fingerprint density at radius 2 is 2.04 bits per heavy atom. The molecule has 1 N–H and O–H groups in total. The van der Waals surface area contributed by atoms with E-state index in [0.717, 1.165) is 24.2 Å². The topological polar surface area (TPSA) is 108 Å². The van der Waals surface area contributed by atoms with Gasteiger partial charge in [-0.05, 0) is 30.5 Å². The van der Waals surface area contributed by atoms with Crippen LogP contribution in [-0.4, -0.2) is 43.9 Å². The molecule has 0 spiro atoms. The SMILES string of the molecule is CS(=O)(=O)NC[C@H]1[C@H]2C[C@H](CN(c3cccc(C#N)n3)C2)c2cccc(=O)n21. The van der Waals surface area contributed by atoms with Gasteiger partial charge in [0, 0.05) is 37.3 Å². The Labute approximate surface area is 163 Å². The van der Waals surface area contributed by atoms with Gasteiger partial charge in [-0.15, -0.1) is 0 Å². The normalized spacial score (nSPS) is 23.7. The minimum Gasteiger partial charge on any atom is -0.356 e. The van der Waals surface area contributed by atoms with E-state index in [2.05, 4.69) is 20.7 Å². The Morgan fingerprint density at radius 3 is 2.79 bits per heavy atom. The van der Waals surface area contributed by atoms with Crippen molar-refractivity contribution in [1.82, 2.24) is 14.3 Å². The van der Waals surface area contributed by atoms with E-state index in [9.17, 15) is 13.2 Å². The maximum absolute atomic E-state index is 12.6. The van der Waals surface area contributed by atoms with Crippen LogP contribution in [0.4, 0.5) is 5.82 Å². The lowest BCUT2D eigenvalue weighted by Crippen LogP contribution is -2.52. The zero-order chi connectivity index (χ0) is 19.9. The third-order valence-corrected chi connectivity index (χ3v) is 6.22. The molecule has 0 amide bonds. The molecule has 2 aliphatic heterocycles. The van der Waals surface area contributed by atoms with Crippen LogP contribution in [0.25, 0.3) is 0 Å². The van der Waals surface area contributed by atoms with Gasteiger partial charge in [0.15, 0.2) is 0 Å². The number of hydrogen-bond donors (Lipinski definition) is 1. The number of piperidine rings is 1. The molecule has 28 heavy (non-hydrogen) atoms. The summed E-state index contributed by atoms with van der Waals surface area (Å²) in [6.07, 6.45) is 2.01. The predicted octanol–water partition coefficient (Wildman–Crippen LogP) is 0.829. The minimum absolute atomic E-state index is 0.0909. The first-order valence-corrected chi connectivity index (χ1v) is 11.0. The molecule has 1 fully saturated rings. The molecule has 2 aliphatic rings. The summed E-state index contributed by atoms with van der Waals surface area (Å²) in [7, 11) is -3.37. The van der Waals surface area contributed by atoms with Crippen LogP contribution in [0.1, 0.15) is 29.8 Å². The van der Waals surface area contributed by atoms with Crippen molar-refractivity contribution < 1.29 is 8.42 Å². The summed E-state index contributed by atoms with van der Waals surface area (Å²) in [5.41, 5.74) is 1.18. The Morgan fingerprint density at radius 1 is 1.25 bits per heavy atom. The fourth-order valence-corrected chi connectivity index (χ4v) is 4.86. The molecule has 0 aliphatic carbocycles. The molecule has 0 saturated carbocycles. The second-order valence-electron chi connectivity index (χ2n) is 7.44. The Kier molecular flexibility index (Phi) is 4.69. The van der Waals surface area contributed by atoms with Gasteiger partial charge in [0.05, 0.1) is 12.3 Å². The van der Waals surface area contributed by atoms with E-state index < -0.39 is 10.0 Å². The van der Waals surface area contributed by atoms with E-state index in [1.54, 1.807) is 16.7 Å². The van der Waals surface area contributed by atoms with Crippen LogP contribution in [-0.2, 0) is 10.0 Å². The van der Waals surface area contributed by atoms with Crippen LogP contribution in [0, 0.1) is 17.2 Å². The van der Waals surface area contributed by atoms with Gasteiger partial charge < -0.3 is 9.47 Å². The first-order chi connectivity index (χ1) is 13.4. The second-order valence-corrected chi connectivity index (χ2v) is 9.27. The highest BCUT2D eigenvalue weighted by atomic mass is 32.2. The summed E-state index contributed by atoms with van der Waals surface area (Å²) in [5, 5.41) is 9.14. The third-order valence-electron chi connectivity index (χ3n) is 5.53. The van der Waals surface area contributed by atoms with E-state index in [4.69, 9.17) is 5.26 Å². The largest absolute Gasteiger partial charge is 0.356 e. The van der Waals surface area contributed by atoms with Crippen molar-refractivity contribution in [2.45, 2.75) is 18.4 Å². The molecule has 9 heteroatoms. The molecule has 3 atom stereocenters. The number of nitrogens with one attached hydrogen (secondary N) is 1. The van der Waals surface area contributed by atoms with Gasteiger partial charge in [-0.2, -0.15) is 5.26 Å². The maximum atomic E-state index is 12.6. The minimum atomic E-state index is -3.37. The Bertz CT molecular complexity index is 1110. The number of fused-ring (bicyclic) bond motifs is 4. The molecule has 0 unspecified atom stereocenters. The van der Waals surface area contributed by atoms with Gasteiger partial charge in [0.2, 0.25) is 10.0 Å². The summed E-state index contributed by atoms with van der Waals surface area (Å²) < 4.78 is 27.6. The van der Waals surface area contributed by atoms with Gasteiger partial charge in [0.25, 0.3) is 5.56 Å². The molecule has 4 rings (SSSR count). The zero-order valence-corrected chi connectivity index (χ0v) is 16.3. The monoisotopic (exact) mass is 399 g/mol. The number of hydrogen-bond acceptors (Lipinski definition) is 6. The summed E-state index contributed by atoms with van der Waals surface area (Å²) >= 11 is 0. The third kappa shape index (κ3) is 3.53. The molecule has 146 valence electrons. The Hall–Kier alpha value is -2.70. The highest BCUT2D eigenvalue weighted by molar-refractivity contribution is 7.88. The highest BCUT2D eigenvalue weighted by Gasteiger charge is 2.41. The van der Waals surface area contributed by atoms with Crippen molar-refractivity contribution in [2.24, 2.45) is 5.92 Å². The average Bonchev–Trinajstić information content (AvgIpc) is 2.67. The van der Waals surface area contributed by atoms with Gasteiger partial charge >= 0.3 is 0 Å². The lowest BCUT2D eigenvalue weighted by molar-refractivity contribution is 0.213. The molecule has 2 aromatic rings. The number of nitrogens with zero attached hydrogens (tertiary/aromatic N) is 4. The molecule has 2 bridgehead atoms. The van der Waals surface area contributed by atoms with Crippen LogP contribution < -0.4 is 15.2 Å². The van der Waals surface area contributed by atoms with Crippen LogP contribution >= 0.6 is 0 Å². The number of pyridine rings is 2. The molecule has 0 aromatic carbocycles. The van der Waals surface area contributed by atoms with Crippen molar-refractivity contribution >= 4 is 15.8 Å². The van der Waals surface area contributed by atoms with Crippen molar-refractivity contribution in [3.8, 4) is 6.07 Å². The predicted molar refractivity (Wildman–Crippen MR) is 105 cm³/mol. The van der Waals surface area contributed by atoms with Crippen LogP contribution in [0.15, 0.2) is 41.2 Å². The lowest BCUT2D eigenvalue weighted by Gasteiger charge is -2.47. The van der Waals surface area contributed by atoms with Gasteiger partial charge in [-0.25, -0.2) is 18.1 Å². The summed E-state index contributed by atoms with van der Waals surface area (Å²) in [5.74, 6) is 0.970. The molecule has 4 heterocycles. The number of rotatable bonds is 4. The second kappa shape index (κ2) is 7.04. The standard InChI is InChI=1S/C19H21N5O3S/c1-28(26,27)21-10-17-14-8-13(16-5-3-7-19(25)24(16)17)11-23(12-14)18-6-2-4-15(9-20)22-18/h2-7,13-14,17,21H,8,10-12H2,1H3/t13-,14+,17+/m1/s1. The van der Waals surface area contributed by atoms with Crippen LogP contribution in [0.3, 0.4) is 0 Å². The zero-order valence-electron chi connectivity index (χ0n) is 15.4. The van der Waals surface area contributed by atoms with Gasteiger partial charge in [0.1, 0.15) is 17.6 Å². The quantitative estimate of drug-likeness (QED) is 0.816. The van der Waals surface area contributed by atoms with Crippen LogP contribution in [0.2, 0.25) is 0 Å². The number of anilines is 1. The molecular formula is C19H21N5O3S. The average molecular weight is 399 g/mol. The van der Waals surface area contributed by atoms with Crippen molar-refractivity contribution in [3.05, 3.63) is 58.1 Å². The van der Waals surface area contributed by atoms with E-state index >= 15 is 0 Å². The first kappa shape index (κ1) is 18.7. The van der Waals surface area contributed by atoms with Crippen molar-refractivity contribution in [1.29, 1.82) is 5.26 Å². The maximum Gasteiger partial charge on any atom is 0.251 e. The number of sulfonamides is 1. The number of nitriles is 1. The fourth-order valence-electron chi connectivity index (χ4n) is 4.39. The highest BCUT2D eigenvalue weighted by Crippen LogP contribution is 2.41. The van der Waals surface area contributed by atoms with Crippen molar-refractivity contribution in [3.63, 3.8) is 0 Å². The molecule has 2 aromatic heterocycles. The summed E-state index contributed by atoms with van der Waals surface area (Å²) in [4.78, 5) is 19.1. The van der Waals surface area contributed by atoms with E-state index in [1.807, 2.05) is 18.2 Å². The molecule has 1 saturated heterocycles. The molecular weight excluding hydrogens is 378 g/mol. The van der Waals surface area contributed by atoms with Gasteiger partial charge in [-0.1, -0.05) is 12.1 Å². The van der Waals surface area contributed by atoms with E-state index in [-0.39, 0.29) is 30.0 Å². The van der Waals surface area contributed by atoms with Crippen molar-refractivity contribution in [2.75, 3.05) is 30.8 Å². The summed E-state index contributed by atoms with van der Waals surface area (Å²) in [6, 6.07) is 12.4. The van der Waals surface area contributed by atoms with Crippen LogP contribution in [0.5, 0.6) is 0 Å². The number of aromatic nitrogens is 2. The molecule has 8 nitrogen and oxygen atoms in total. The fraction of sp³-hybridized carbons (Fsp3) is 0.421. The Balaban J connectivity index is 1.72. The first-order valence-electron chi connectivity index (χ1n) is 9.14. The smallest absolute Gasteiger partial charge is 0.251 e. The lowest BCUT2D eigenvalue weighted by atomic mass is 9.78. The van der Waals surface area contributed by atoms with Gasteiger partial charge in [-0.3, -0.25) is 4.79 Å². The van der Waals surface area contributed by atoms with E-state index in [0.29, 0.717) is 18.8 Å². The summed E-state index contributed by atoms with van der Waals surface area (Å²) in [6.45, 7) is 1.52. The van der Waals surface area contributed by atoms with E-state index in [1.165, 1.54) is 6.07 Å². The molecule has 0 radical (unpaired) electrons.